The molecule has 0 bridgehead atoms. The molecule has 0 aliphatic rings. The third kappa shape index (κ3) is 6.32. The smallest absolute Gasteiger partial charge is 0.434 e. The molecule has 1 aromatic rings. The van der Waals surface area contributed by atoms with E-state index in [1.165, 1.54) is 13.8 Å². The average molecular weight is 429 g/mol. The number of halogens is 5. The first-order valence-corrected chi connectivity index (χ1v) is 8.51. The van der Waals surface area contributed by atoms with Gasteiger partial charge in [-0.1, -0.05) is 0 Å². The minimum Gasteiger partial charge on any atom is -0.462 e. The molecule has 0 aliphatic heterocycles. The van der Waals surface area contributed by atoms with E-state index in [1.54, 1.807) is 6.92 Å². The van der Waals surface area contributed by atoms with Crippen LogP contribution in [0.5, 0.6) is 0 Å². The van der Waals surface area contributed by atoms with E-state index in [-0.39, 0.29) is 19.8 Å². The second kappa shape index (κ2) is 11.0. The summed E-state index contributed by atoms with van der Waals surface area (Å²) in [5.74, 6) is -2.86. The zero-order chi connectivity index (χ0) is 22.2. The Balaban J connectivity index is 3.84. The molecule has 0 saturated heterocycles. The van der Waals surface area contributed by atoms with Crippen LogP contribution in [-0.4, -0.2) is 43.5 Å². The van der Waals surface area contributed by atoms with Gasteiger partial charge in [-0.25, -0.2) is 23.4 Å². The van der Waals surface area contributed by atoms with Gasteiger partial charge in [-0.3, -0.25) is 0 Å². The number of carbonyl (C=O) groups excluding carboxylic acids is 2. The number of carbonyl (C=O) groups is 2. The Hall–Kier alpha value is -2.34. The maximum Gasteiger partial charge on any atom is 0.434 e. The quantitative estimate of drug-likeness (QED) is 0.241. The molecule has 1 heterocycles. The van der Waals surface area contributed by atoms with Crippen molar-refractivity contribution in [3.05, 3.63) is 28.1 Å². The zero-order valence-corrected chi connectivity index (χ0v) is 15.9. The summed E-state index contributed by atoms with van der Waals surface area (Å²) in [5.41, 5.74) is -6.31. The van der Waals surface area contributed by atoms with Crippen LogP contribution < -0.4 is 0 Å². The van der Waals surface area contributed by atoms with Crippen LogP contribution in [0.4, 0.5) is 22.0 Å². The number of hydrogen-bond donors (Lipinski definition) is 0. The highest BCUT2D eigenvalue weighted by molar-refractivity contribution is 5.99. The molecule has 0 atom stereocenters. The van der Waals surface area contributed by atoms with Crippen molar-refractivity contribution in [1.82, 2.24) is 4.98 Å². The molecule has 1 rings (SSSR count). The molecule has 0 aliphatic carbocycles. The first kappa shape index (κ1) is 24.7. The largest absolute Gasteiger partial charge is 0.462 e. The fourth-order valence-electron chi connectivity index (χ4n) is 2.30. The predicted molar refractivity (Wildman–Crippen MR) is 87.4 cm³/mol. The van der Waals surface area contributed by atoms with Crippen molar-refractivity contribution in [2.45, 2.75) is 40.0 Å². The van der Waals surface area contributed by atoms with Crippen molar-refractivity contribution in [3.8, 4) is 0 Å². The third-order valence-electron chi connectivity index (χ3n) is 3.38. The van der Waals surface area contributed by atoms with Crippen molar-refractivity contribution < 1.29 is 50.5 Å². The SMILES string of the molecule is CCOCOCc1c(C(=O)OCC)c(C(F)F)nc(C(F)(F)F)c1C(=O)OCC. The Bertz CT molecular complexity index is 723. The lowest BCUT2D eigenvalue weighted by Crippen LogP contribution is -2.26. The molecular weight excluding hydrogens is 409 g/mol. The Morgan fingerprint density at radius 3 is 1.93 bits per heavy atom. The summed E-state index contributed by atoms with van der Waals surface area (Å²) in [7, 11) is 0. The van der Waals surface area contributed by atoms with Gasteiger partial charge >= 0.3 is 18.1 Å². The Morgan fingerprint density at radius 2 is 1.48 bits per heavy atom. The number of alkyl halides is 5. The lowest BCUT2D eigenvalue weighted by atomic mass is 9.97. The second-order valence-corrected chi connectivity index (χ2v) is 5.27. The van der Waals surface area contributed by atoms with Gasteiger partial charge in [-0.05, 0) is 20.8 Å². The minimum absolute atomic E-state index is 0.196. The highest BCUT2D eigenvalue weighted by Crippen LogP contribution is 2.37. The van der Waals surface area contributed by atoms with Gasteiger partial charge in [0, 0.05) is 12.2 Å². The summed E-state index contributed by atoms with van der Waals surface area (Å²) < 4.78 is 86.7. The van der Waals surface area contributed by atoms with E-state index in [9.17, 15) is 31.5 Å². The number of ether oxygens (including phenoxy) is 4. The highest BCUT2D eigenvalue weighted by Gasteiger charge is 2.43. The van der Waals surface area contributed by atoms with Gasteiger partial charge in [-0.15, -0.1) is 0 Å². The second-order valence-electron chi connectivity index (χ2n) is 5.27. The highest BCUT2D eigenvalue weighted by atomic mass is 19.4. The van der Waals surface area contributed by atoms with Gasteiger partial charge in [0.2, 0.25) is 0 Å². The van der Waals surface area contributed by atoms with Crippen LogP contribution in [0.2, 0.25) is 0 Å². The number of nitrogens with zero attached hydrogens (tertiary/aromatic N) is 1. The number of rotatable bonds is 10. The maximum atomic E-state index is 13.5. The number of hydrogen-bond acceptors (Lipinski definition) is 7. The van der Waals surface area contributed by atoms with Crippen molar-refractivity contribution >= 4 is 11.9 Å². The van der Waals surface area contributed by atoms with Crippen molar-refractivity contribution in [2.75, 3.05) is 26.6 Å². The normalized spacial score (nSPS) is 11.6. The van der Waals surface area contributed by atoms with Crippen LogP contribution in [0.1, 0.15) is 64.9 Å². The number of esters is 2. The van der Waals surface area contributed by atoms with E-state index in [4.69, 9.17) is 9.47 Å². The van der Waals surface area contributed by atoms with E-state index in [1.807, 2.05) is 0 Å². The van der Waals surface area contributed by atoms with Gasteiger partial charge in [0.05, 0.1) is 30.9 Å². The molecule has 1 aromatic heterocycles. The summed E-state index contributed by atoms with van der Waals surface area (Å²) >= 11 is 0. The summed E-state index contributed by atoms with van der Waals surface area (Å²) in [4.78, 5) is 27.4. The van der Waals surface area contributed by atoms with Crippen LogP contribution in [0, 0.1) is 0 Å². The molecule has 12 heteroatoms. The monoisotopic (exact) mass is 429 g/mol. The van der Waals surface area contributed by atoms with Crippen molar-refractivity contribution in [1.29, 1.82) is 0 Å². The van der Waals surface area contributed by atoms with Crippen LogP contribution in [0.25, 0.3) is 0 Å². The maximum absolute atomic E-state index is 13.5. The van der Waals surface area contributed by atoms with Crippen LogP contribution in [0.15, 0.2) is 0 Å². The molecule has 0 spiro atoms. The van der Waals surface area contributed by atoms with E-state index in [0.717, 1.165) is 0 Å². The van der Waals surface area contributed by atoms with Crippen LogP contribution >= 0.6 is 0 Å². The van der Waals surface area contributed by atoms with Crippen LogP contribution in [-0.2, 0) is 31.7 Å². The molecule has 0 aromatic carbocycles. The Kier molecular flexibility index (Phi) is 9.37. The van der Waals surface area contributed by atoms with Gasteiger partial charge in [-0.2, -0.15) is 13.2 Å². The first-order chi connectivity index (χ1) is 13.6. The predicted octanol–water partition coefficient (Wildman–Crippen LogP) is 3.90. The standard InChI is InChI=1S/C17H20F5NO6/c1-4-26-8-27-7-9-10(15(24)28-5-2)12(14(18)19)23-13(17(20,21)22)11(9)16(25)29-6-3/h14H,4-8H2,1-3H3. The lowest BCUT2D eigenvalue weighted by Gasteiger charge is -2.20. The molecule has 0 amide bonds. The number of pyridine rings is 1. The molecule has 29 heavy (non-hydrogen) atoms. The summed E-state index contributed by atoms with van der Waals surface area (Å²) in [6.07, 6.45) is -8.84. The molecule has 0 fully saturated rings. The molecule has 0 unspecified atom stereocenters. The van der Waals surface area contributed by atoms with Gasteiger partial charge < -0.3 is 18.9 Å². The summed E-state index contributed by atoms with van der Waals surface area (Å²) in [6.45, 7) is 2.71. The third-order valence-corrected chi connectivity index (χ3v) is 3.38. The first-order valence-electron chi connectivity index (χ1n) is 8.51. The van der Waals surface area contributed by atoms with Gasteiger partial charge in [0.1, 0.15) is 12.5 Å². The number of aromatic nitrogens is 1. The minimum atomic E-state index is -5.28. The van der Waals surface area contributed by atoms with Gasteiger partial charge in [0.15, 0.2) is 5.69 Å². The van der Waals surface area contributed by atoms with Crippen molar-refractivity contribution in [3.63, 3.8) is 0 Å². The summed E-state index contributed by atoms with van der Waals surface area (Å²) in [5, 5.41) is 0. The molecule has 0 saturated carbocycles. The van der Waals surface area contributed by atoms with Crippen LogP contribution in [0.3, 0.4) is 0 Å². The van der Waals surface area contributed by atoms with E-state index >= 15 is 0 Å². The fraction of sp³-hybridized carbons (Fsp3) is 0.588. The molecule has 0 N–H and O–H groups in total. The molecule has 164 valence electrons. The van der Waals surface area contributed by atoms with Gasteiger partial charge in [0.25, 0.3) is 6.43 Å². The molecular formula is C17H20F5NO6. The topological polar surface area (TPSA) is 84.0 Å². The molecule has 7 nitrogen and oxygen atoms in total. The van der Waals surface area contributed by atoms with Crippen molar-refractivity contribution in [2.24, 2.45) is 0 Å². The summed E-state index contributed by atoms with van der Waals surface area (Å²) in [6, 6.07) is 0. The molecule has 0 radical (unpaired) electrons. The zero-order valence-electron chi connectivity index (χ0n) is 15.9. The lowest BCUT2D eigenvalue weighted by molar-refractivity contribution is -0.142. The Morgan fingerprint density at radius 1 is 0.931 bits per heavy atom. The van der Waals surface area contributed by atoms with E-state index < -0.39 is 66.0 Å². The fourth-order valence-corrected chi connectivity index (χ4v) is 2.30. The van der Waals surface area contributed by atoms with E-state index in [2.05, 4.69) is 14.5 Å². The average Bonchev–Trinajstić information content (AvgIpc) is 2.63. The Labute approximate surface area is 163 Å². The van der Waals surface area contributed by atoms with E-state index in [0.29, 0.717) is 0 Å².